The van der Waals surface area contributed by atoms with Crippen LogP contribution in [-0.4, -0.2) is 20.9 Å². The van der Waals surface area contributed by atoms with Crippen LogP contribution in [0, 0.1) is 6.92 Å². The van der Waals surface area contributed by atoms with Gasteiger partial charge in [-0.25, -0.2) is 9.97 Å². The highest BCUT2D eigenvalue weighted by molar-refractivity contribution is 5.93. The first-order valence-corrected chi connectivity index (χ1v) is 6.64. The van der Waals surface area contributed by atoms with E-state index in [9.17, 15) is 4.79 Å². The summed E-state index contributed by atoms with van der Waals surface area (Å²) in [5.41, 5.74) is 3.81. The quantitative estimate of drug-likeness (QED) is 0.798. The zero-order valence-corrected chi connectivity index (χ0v) is 11.6. The Morgan fingerprint density at radius 3 is 2.57 bits per heavy atom. The molecule has 3 aromatic rings. The monoisotopic (exact) mass is 278 g/mol. The van der Waals surface area contributed by atoms with Crippen molar-refractivity contribution in [1.29, 1.82) is 0 Å². The third kappa shape index (κ3) is 2.86. The van der Waals surface area contributed by atoms with Gasteiger partial charge in [-0.3, -0.25) is 9.78 Å². The van der Waals surface area contributed by atoms with E-state index in [0.29, 0.717) is 12.1 Å². The number of hydrogen-bond acceptors (Lipinski definition) is 4. The molecule has 0 radical (unpaired) electrons. The van der Waals surface area contributed by atoms with Crippen LogP contribution in [0.15, 0.2) is 48.8 Å². The average Bonchev–Trinajstić information content (AvgIpc) is 2.53. The summed E-state index contributed by atoms with van der Waals surface area (Å²) in [6, 6.07) is 11.1. The average molecular weight is 278 g/mol. The number of aryl methyl sites for hydroxylation is 1. The van der Waals surface area contributed by atoms with Crippen molar-refractivity contribution in [3.8, 4) is 0 Å². The molecule has 21 heavy (non-hydrogen) atoms. The standard InChI is InChI=1S/C16H14N4O/c1-11-15(20-14-7-3-2-6-13(14)19-11)10-18-16(21)12-5-4-8-17-9-12/h2-9H,10H2,1H3,(H,18,21). The molecule has 1 amide bonds. The molecule has 0 bridgehead atoms. The van der Waals surface area contributed by atoms with Crippen LogP contribution in [0.2, 0.25) is 0 Å². The molecule has 0 saturated carbocycles. The summed E-state index contributed by atoms with van der Waals surface area (Å²) in [5.74, 6) is -0.169. The summed E-state index contributed by atoms with van der Waals surface area (Å²) in [6.45, 7) is 2.24. The van der Waals surface area contributed by atoms with Crippen LogP contribution >= 0.6 is 0 Å². The molecule has 0 aliphatic rings. The van der Waals surface area contributed by atoms with E-state index in [4.69, 9.17) is 0 Å². The highest BCUT2D eigenvalue weighted by atomic mass is 16.1. The van der Waals surface area contributed by atoms with Gasteiger partial charge in [-0.1, -0.05) is 12.1 Å². The minimum atomic E-state index is -0.169. The molecule has 0 unspecified atom stereocenters. The molecule has 0 atom stereocenters. The minimum absolute atomic E-state index is 0.169. The number of fused-ring (bicyclic) bond motifs is 1. The lowest BCUT2D eigenvalue weighted by Gasteiger charge is -2.08. The Hall–Kier alpha value is -2.82. The number of aromatic nitrogens is 3. The topological polar surface area (TPSA) is 67.8 Å². The second-order valence-electron chi connectivity index (χ2n) is 4.67. The number of amides is 1. The van der Waals surface area contributed by atoms with Crippen molar-refractivity contribution in [2.45, 2.75) is 13.5 Å². The van der Waals surface area contributed by atoms with Gasteiger partial charge in [0.25, 0.3) is 5.91 Å². The summed E-state index contributed by atoms with van der Waals surface area (Å²) < 4.78 is 0. The van der Waals surface area contributed by atoms with E-state index >= 15 is 0 Å². The Morgan fingerprint density at radius 1 is 1.10 bits per heavy atom. The maximum Gasteiger partial charge on any atom is 0.253 e. The van der Waals surface area contributed by atoms with Gasteiger partial charge in [0.2, 0.25) is 0 Å². The van der Waals surface area contributed by atoms with Crippen molar-refractivity contribution in [3.63, 3.8) is 0 Å². The summed E-state index contributed by atoms with van der Waals surface area (Å²) in [5, 5.41) is 2.84. The van der Waals surface area contributed by atoms with Crippen LogP contribution < -0.4 is 5.32 Å². The summed E-state index contributed by atoms with van der Waals surface area (Å²) in [7, 11) is 0. The first-order valence-electron chi connectivity index (χ1n) is 6.64. The molecule has 1 N–H and O–H groups in total. The molecule has 104 valence electrons. The fourth-order valence-corrected chi connectivity index (χ4v) is 2.06. The van der Waals surface area contributed by atoms with E-state index in [1.165, 1.54) is 6.20 Å². The number of nitrogens with one attached hydrogen (secondary N) is 1. The Bertz CT molecular complexity index is 787. The highest BCUT2D eigenvalue weighted by Crippen LogP contribution is 2.12. The van der Waals surface area contributed by atoms with Crippen molar-refractivity contribution in [3.05, 3.63) is 65.7 Å². The largest absolute Gasteiger partial charge is 0.346 e. The Morgan fingerprint density at radius 2 is 1.86 bits per heavy atom. The van der Waals surface area contributed by atoms with Gasteiger partial charge in [-0.2, -0.15) is 0 Å². The maximum atomic E-state index is 12.0. The number of hydrogen-bond donors (Lipinski definition) is 1. The minimum Gasteiger partial charge on any atom is -0.346 e. The third-order valence-corrected chi connectivity index (χ3v) is 3.18. The molecule has 0 aliphatic carbocycles. The molecule has 1 aromatic carbocycles. The number of carbonyl (C=O) groups is 1. The van der Waals surface area contributed by atoms with E-state index in [0.717, 1.165) is 22.4 Å². The lowest BCUT2D eigenvalue weighted by Crippen LogP contribution is -2.24. The van der Waals surface area contributed by atoms with Crippen LogP contribution in [0.3, 0.4) is 0 Å². The van der Waals surface area contributed by atoms with Gasteiger partial charge in [0.1, 0.15) is 0 Å². The van der Waals surface area contributed by atoms with Gasteiger partial charge >= 0.3 is 0 Å². The van der Waals surface area contributed by atoms with Crippen molar-refractivity contribution in [2.24, 2.45) is 0 Å². The van der Waals surface area contributed by atoms with E-state index in [1.807, 2.05) is 31.2 Å². The van der Waals surface area contributed by atoms with Crippen LogP contribution in [0.25, 0.3) is 11.0 Å². The molecular weight excluding hydrogens is 264 g/mol. The summed E-state index contributed by atoms with van der Waals surface area (Å²) >= 11 is 0. The molecule has 5 heteroatoms. The van der Waals surface area contributed by atoms with Crippen LogP contribution in [-0.2, 0) is 6.54 Å². The summed E-state index contributed by atoms with van der Waals surface area (Å²) in [6.07, 6.45) is 3.17. The lowest BCUT2D eigenvalue weighted by molar-refractivity contribution is 0.0950. The number of pyridine rings is 1. The van der Waals surface area contributed by atoms with Crippen molar-refractivity contribution in [2.75, 3.05) is 0 Å². The zero-order chi connectivity index (χ0) is 14.7. The molecule has 0 saturated heterocycles. The van der Waals surface area contributed by atoms with E-state index in [-0.39, 0.29) is 5.91 Å². The number of para-hydroxylation sites is 2. The Kier molecular flexibility index (Phi) is 3.55. The number of nitrogens with zero attached hydrogens (tertiary/aromatic N) is 3. The number of rotatable bonds is 3. The van der Waals surface area contributed by atoms with Gasteiger partial charge in [0.05, 0.1) is 34.5 Å². The zero-order valence-electron chi connectivity index (χ0n) is 11.6. The van der Waals surface area contributed by atoms with Gasteiger partial charge in [0, 0.05) is 12.4 Å². The van der Waals surface area contributed by atoms with Gasteiger partial charge < -0.3 is 5.32 Å². The molecule has 0 spiro atoms. The first kappa shape index (κ1) is 13.2. The predicted molar refractivity (Wildman–Crippen MR) is 79.7 cm³/mol. The molecule has 3 rings (SSSR count). The predicted octanol–water partition coefficient (Wildman–Crippen LogP) is 2.26. The second-order valence-corrected chi connectivity index (χ2v) is 4.67. The molecule has 0 fully saturated rings. The fraction of sp³-hybridized carbons (Fsp3) is 0.125. The smallest absolute Gasteiger partial charge is 0.253 e. The first-order chi connectivity index (χ1) is 10.2. The van der Waals surface area contributed by atoms with E-state index in [1.54, 1.807) is 18.3 Å². The number of benzene rings is 1. The molecular formula is C16H14N4O. The van der Waals surface area contributed by atoms with Crippen molar-refractivity contribution < 1.29 is 4.79 Å². The maximum absolute atomic E-state index is 12.0. The van der Waals surface area contributed by atoms with E-state index in [2.05, 4.69) is 20.3 Å². The van der Waals surface area contributed by atoms with Crippen LogP contribution in [0.4, 0.5) is 0 Å². The van der Waals surface area contributed by atoms with E-state index < -0.39 is 0 Å². The molecule has 0 aliphatic heterocycles. The number of carbonyl (C=O) groups excluding carboxylic acids is 1. The normalized spacial score (nSPS) is 10.5. The van der Waals surface area contributed by atoms with Crippen LogP contribution in [0.1, 0.15) is 21.7 Å². The molecule has 5 nitrogen and oxygen atoms in total. The van der Waals surface area contributed by atoms with Gasteiger partial charge in [0.15, 0.2) is 0 Å². The highest BCUT2D eigenvalue weighted by Gasteiger charge is 2.08. The Labute approximate surface area is 122 Å². The van der Waals surface area contributed by atoms with Gasteiger partial charge in [-0.05, 0) is 31.2 Å². The SMILES string of the molecule is Cc1nc2ccccc2nc1CNC(=O)c1cccnc1. The lowest BCUT2D eigenvalue weighted by atomic mass is 10.2. The Balaban J connectivity index is 1.79. The van der Waals surface area contributed by atoms with Gasteiger partial charge in [-0.15, -0.1) is 0 Å². The van der Waals surface area contributed by atoms with Crippen LogP contribution in [0.5, 0.6) is 0 Å². The van der Waals surface area contributed by atoms with Crippen molar-refractivity contribution in [1.82, 2.24) is 20.3 Å². The molecule has 2 heterocycles. The fourth-order valence-electron chi connectivity index (χ4n) is 2.06. The third-order valence-electron chi connectivity index (χ3n) is 3.18. The molecule has 2 aromatic heterocycles. The summed E-state index contributed by atoms with van der Waals surface area (Å²) in [4.78, 5) is 25.0. The van der Waals surface area contributed by atoms with Crippen molar-refractivity contribution >= 4 is 16.9 Å². The second kappa shape index (κ2) is 5.66.